The summed E-state index contributed by atoms with van der Waals surface area (Å²) in [5.41, 5.74) is 0.565. The first-order chi connectivity index (χ1) is 11.5. The van der Waals surface area contributed by atoms with E-state index in [1.165, 1.54) is 25.8 Å². The molecule has 7 heteroatoms. The minimum absolute atomic E-state index is 0.186. The number of carbonyl (C=O) groups excluding carboxylic acids is 1. The average Bonchev–Trinajstić information content (AvgIpc) is 2.60. The third-order valence-electron chi connectivity index (χ3n) is 3.71. The Labute approximate surface area is 148 Å². The Hall–Kier alpha value is -2.12. The van der Waals surface area contributed by atoms with Gasteiger partial charge in [-0.3, -0.25) is 19.0 Å². The number of likely N-dealkylation sites (N-methyl/N-ethyl adjacent to an activating group) is 1. The van der Waals surface area contributed by atoms with Gasteiger partial charge < -0.3 is 4.74 Å². The summed E-state index contributed by atoms with van der Waals surface area (Å²) in [5, 5.41) is 1.12. The van der Waals surface area contributed by atoms with Gasteiger partial charge in [0.05, 0.1) is 14.2 Å². The monoisotopic (exact) mass is 394 g/mol. The molecule has 0 N–H and O–H groups in total. The van der Waals surface area contributed by atoms with Gasteiger partial charge in [0.25, 0.3) is 11.5 Å². The van der Waals surface area contributed by atoms with Crippen LogP contribution in [0, 0.1) is 0 Å². The summed E-state index contributed by atoms with van der Waals surface area (Å²) in [6.45, 7) is 0. The van der Waals surface area contributed by atoms with Crippen molar-refractivity contribution >= 4 is 21.8 Å². The van der Waals surface area contributed by atoms with Crippen LogP contribution in [0.1, 0.15) is 11.6 Å². The molecule has 0 bridgehead atoms. The topological polar surface area (TPSA) is 60.8 Å². The molecular weight excluding hydrogens is 376 g/mol. The van der Waals surface area contributed by atoms with Crippen molar-refractivity contribution in [3.63, 3.8) is 0 Å². The van der Waals surface area contributed by atoms with Crippen molar-refractivity contribution in [1.82, 2.24) is 9.63 Å². The summed E-state index contributed by atoms with van der Waals surface area (Å²) in [6, 6.07) is 10.1. The van der Waals surface area contributed by atoms with E-state index in [0.717, 1.165) is 15.1 Å². The summed E-state index contributed by atoms with van der Waals surface area (Å²) in [4.78, 5) is 30.2. The van der Waals surface area contributed by atoms with Crippen LogP contribution in [0.5, 0.6) is 5.75 Å². The van der Waals surface area contributed by atoms with Gasteiger partial charge in [-0.2, -0.15) is 0 Å². The first-order valence-electron chi connectivity index (χ1n) is 7.29. The zero-order valence-electron chi connectivity index (χ0n) is 13.7. The van der Waals surface area contributed by atoms with Crippen molar-refractivity contribution in [1.29, 1.82) is 0 Å². The molecule has 128 valence electrons. The van der Waals surface area contributed by atoms with E-state index in [-0.39, 0.29) is 17.2 Å². The van der Waals surface area contributed by atoms with E-state index in [1.54, 1.807) is 18.3 Å². The summed E-state index contributed by atoms with van der Waals surface area (Å²) in [6.07, 6.45) is 1.93. The molecule has 0 fully saturated rings. The Balaban J connectivity index is 2.45. The minimum Gasteiger partial charge on any atom is -0.491 e. The number of aromatic nitrogens is 1. The third kappa shape index (κ3) is 4.04. The van der Waals surface area contributed by atoms with Gasteiger partial charge in [0.15, 0.2) is 5.75 Å². The standard InChI is InChI=1S/C17H19BrN2O4/c1-19(24-3)16(21)14(11-12-6-8-13(18)9-7-12)20-10-4-5-15(23-2)17(20)22/h4-10,14H,11H2,1-3H3. The highest BCUT2D eigenvalue weighted by Crippen LogP contribution is 2.19. The van der Waals surface area contributed by atoms with Crippen LogP contribution in [-0.4, -0.2) is 36.8 Å². The van der Waals surface area contributed by atoms with Crippen LogP contribution in [0.25, 0.3) is 0 Å². The number of hydrogen-bond donors (Lipinski definition) is 0. The molecule has 1 aromatic heterocycles. The van der Waals surface area contributed by atoms with Crippen molar-refractivity contribution in [2.75, 3.05) is 21.3 Å². The van der Waals surface area contributed by atoms with Gasteiger partial charge in [-0.05, 0) is 29.8 Å². The zero-order valence-corrected chi connectivity index (χ0v) is 15.3. The molecular formula is C17H19BrN2O4. The van der Waals surface area contributed by atoms with Crippen LogP contribution in [0.4, 0.5) is 0 Å². The lowest BCUT2D eigenvalue weighted by Crippen LogP contribution is -2.39. The third-order valence-corrected chi connectivity index (χ3v) is 4.24. The molecule has 0 aliphatic carbocycles. The van der Waals surface area contributed by atoms with E-state index in [9.17, 15) is 9.59 Å². The SMILES string of the molecule is COc1cccn(C(Cc2ccc(Br)cc2)C(=O)N(C)OC)c1=O. The summed E-state index contributed by atoms with van der Waals surface area (Å²) < 4.78 is 7.39. The number of hydroxylamine groups is 2. The number of rotatable bonds is 6. The number of carbonyl (C=O) groups is 1. The van der Waals surface area contributed by atoms with Crippen molar-refractivity contribution in [3.8, 4) is 5.75 Å². The van der Waals surface area contributed by atoms with E-state index in [0.29, 0.717) is 6.42 Å². The Bertz CT molecular complexity index is 758. The lowest BCUT2D eigenvalue weighted by Gasteiger charge is -2.24. The van der Waals surface area contributed by atoms with Crippen LogP contribution in [0.2, 0.25) is 0 Å². The van der Waals surface area contributed by atoms with Crippen LogP contribution in [-0.2, 0) is 16.1 Å². The van der Waals surface area contributed by atoms with Crippen molar-refractivity contribution in [2.45, 2.75) is 12.5 Å². The Morgan fingerprint density at radius 3 is 2.50 bits per heavy atom. The molecule has 1 heterocycles. The van der Waals surface area contributed by atoms with E-state index < -0.39 is 6.04 Å². The number of methoxy groups -OCH3 is 1. The highest BCUT2D eigenvalue weighted by atomic mass is 79.9. The molecule has 24 heavy (non-hydrogen) atoms. The molecule has 0 radical (unpaired) electrons. The van der Waals surface area contributed by atoms with E-state index in [4.69, 9.17) is 9.57 Å². The van der Waals surface area contributed by atoms with Crippen molar-refractivity contribution < 1.29 is 14.4 Å². The molecule has 1 atom stereocenters. The molecule has 1 aromatic carbocycles. The highest BCUT2D eigenvalue weighted by molar-refractivity contribution is 9.10. The van der Waals surface area contributed by atoms with Gasteiger partial charge in [-0.15, -0.1) is 0 Å². The maximum absolute atomic E-state index is 12.7. The lowest BCUT2D eigenvalue weighted by atomic mass is 10.0. The predicted molar refractivity (Wildman–Crippen MR) is 93.9 cm³/mol. The number of halogens is 1. The van der Waals surface area contributed by atoms with Crippen molar-refractivity contribution in [2.24, 2.45) is 0 Å². The van der Waals surface area contributed by atoms with Crippen LogP contribution >= 0.6 is 15.9 Å². The number of benzene rings is 1. The maximum atomic E-state index is 12.7. The van der Waals surface area contributed by atoms with Gasteiger partial charge in [0, 0.05) is 24.1 Å². The van der Waals surface area contributed by atoms with Gasteiger partial charge >= 0.3 is 0 Å². The Morgan fingerprint density at radius 1 is 1.25 bits per heavy atom. The Kier molecular flexibility index (Phi) is 6.16. The molecule has 1 unspecified atom stereocenters. The van der Waals surface area contributed by atoms with Crippen molar-refractivity contribution in [3.05, 3.63) is 63.0 Å². The lowest BCUT2D eigenvalue weighted by molar-refractivity contribution is -0.172. The predicted octanol–water partition coefficient (Wildman–Crippen LogP) is 2.42. The van der Waals surface area contributed by atoms with Crippen LogP contribution < -0.4 is 10.3 Å². The molecule has 6 nitrogen and oxygen atoms in total. The van der Waals surface area contributed by atoms with E-state index in [1.807, 2.05) is 24.3 Å². The Morgan fingerprint density at radius 2 is 1.92 bits per heavy atom. The molecule has 2 rings (SSSR count). The fourth-order valence-corrected chi connectivity index (χ4v) is 2.60. The van der Waals surface area contributed by atoms with Crippen LogP contribution in [0.15, 0.2) is 51.9 Å². The normalized spacial score (nSPS) is 11.8. The summed E-state index contributed by atoms with van der Waals surface area (Å²) in [5.74, 6) is -0.137. The molecule has 0 aliphatic heterocycles. The molecule has 2 aromatic rings. The molecule has 0 saturated carbocycles. The van der Waals surface area contributed by atoms with E-state index >= 15 is 0 Å². The minimum atomic E-state index is -0.737. The largest absolute Gasteiger partial charge is 0.491 e. The quantitative estimate of drug-likeness (QED) is 0.705. The maximum Gasteiger partial charge on any atom is 0.293 e. The van der Waals surface area contributed by atoms with Gasteiger partial charge in [0.2, 0.25) is 0 Å². The first-order valence-corrected chi connectivity index (χ1v) is 8.08. The number of ether oxygens (including phenoxy) is 1. The molecule has 0 spiro atoms. The fourth-order valence-electron chi connectivity index (χ4n) is 2.34. The second-order valence-electron chi connectivity index (χ2n) is 5.15. The fraction of sp³-hybridized carbons (Fsp3) is 0.294. The summed E-state index contributed by atoms with van der Waals surface area (Å²) >= 11 is 3.38. The number of hydrogen-bond acceptors (Lipinski definition) is 4. The number of pyridine rings is 1. The molecule has 1 amide bonds. The molecule has 0 saturated heterocycles. The molecule has 0 aliphatic rings. The number of nitrogens with zero attached hydrogens (tertiary/aromatic N) is 2. The van der Waals surface area contributed by atoms with Gasteiger partial charge in [0.1, 0.15) is 6.04 Å². The zero-order chi connectivity index (χ0) is 17.7. The number of amides is 1. The van der Waals surface area contributed by atoms with Gasteiger partial charge in [-0.25, -0.2) is 5.06 Å². The summed E-state index contributed by atoms with van der Waals surface area (Å²) in [7, 11) is 4.35. The van der Waals surface area contributed by atoms with E-state index in [2.05, 4.69) is 15.9 Å². The first kappa shape index (κ1) is 18.2. The highest BCUT2D eigenvalue weighted by Gasteiger charge is 2.26. The van der Waals surface area contributed by atoms with Crippen LogP contribution in [0.3, 0.4) is 0 Å². The average molecular weight is 395 g/mol. The second kappa shape index (κ2) is 8.12. The smallest absolute Gasteiger partial charge is 0.293 e. The van der Waals surface area contributed by atoms with Gasteiger partial charge in [-0.1, -0.05) is 28.1 Å². The second-order valence-corrected chi connectivity index (χ2v) is 6.07.